The van der Waals surface area contributed by atoms with Crippen LogP contribution in [0.5, 0.6) is 17.2 Å². The van der Waals surface area contributed by atoms with E-state index in [9.17, 15) is 4.79 Å². The molecule has 140 valence electrons. The number of rotatable bonds is 4. The molecule has 28 heavy (non-hydrogen) atoms. The van der Waals surface area contributed by atoms with Crippen LogP contribution in [0.15, 0.2) is 72.8 Å². The van der Waals surface area contributed by atoms with Crippen molar-refractivity contribution in [2.45, 2.75) is 12.1 Å². The smallest absolute Gasteiger partial charge is 0.271 e. The molecule has 6 heteroatoms. The number of halogens is 1. The first-order valence-corrected chi connectivity index (χ1v) is 9.28. The lowest BCUT2D eigenvalue weighted by Gasteiger charge is -2.46. The molecule has 1 amide bonds. The van der Waals surface area contributed by atoms with E-state index >= 15 is 0 Å². The number of para-hydroxylation sites is 1. The number of carbonyl (C=O) groups excluding carboxylic acids is 1. The summed E-state index contributed by atoms with van der Waals surface area (Å²) in [6.45, 7) is 0.199. The summed E-state index contributed by atoms with van der Waals surface area (Å²) in [5.41, 5.74) is 1.64. The van der Waals surface area contributed by atoms with Gasteiger partial charge in [0, 0.05) is 10.7 Å². The van der Waals surface area contributed by atoms with E-state index in [1.54, 1.807) is 17.0 Å². The highest BCUT2D eigenvalue weighted by Crippen LogP contribution is 2.44. The van der Waals surface area contributed by atoms with Gasteiger partial charge in [-0.05, 0) is 48.0 Å². The van der Waals surface area contributed by atoms with E-state index in [0.717, 1.165) is 11.3 Å². The van der Waals surface area contributed by atoms with Gasteiger partial charge in [0.15, 0.2) is 11.5 Å². The molecule has 2 heterocycles. The minimum Gasteiger partial charge on any atom is -0.478 e. The van der Waals surface area contributed by atoms with Crippen LogP contribution >= 0.6 is 11.6 Å². The maximum Gasteiger partial charge on any atom is 0.271 e. The fraction of sp³-hybridized carbons (Fsp3) is 0.136. The molecule has 2 aliphatic rings. The van der Waals surface area contributed by atoms with Gasteiger partial charge in [-0.3, -0.25) is 9.69 Å². The van der Waals surface area contributed by atoms with Crippen LogP contribution in [0.3, 0.4) is 0 Å². The van der Waals surface area contributed by atoms with Gasteiger partial charge in [0.25, 0.3) is 5.91 Å². The highest BCUT2D eigenvalue weighted by Gasteiger charge is 2.51. The van der Waals surface area contributed by atoms with E-state index in [1.807, 2.05) is 60.7 Å². The SMILES string of the molecule is O=C1[C@H](Oc2ccccc2)[C@H](c2ccc3c(c2)OCO3)N1c1cccc(Cl)c1. The maximum atomic E-state index is 13.0. The largest absolute Gasteiger partial charge is 0.478 e. The molecule has 5 nitrogen and oxygen atoms in total. The molecule has 5 rings (SSSR count). The number of anilines is 1. The second-order valence-corrected chi connectivity index (χ2v) is 7.03. The van der Waals surface area contributed by atoms with Gasteiger partial charge >= 0.3 is 0 Å². The van der Waals surface area contributed by atoms with Crippen LogP contribution in [0.25, 0.3) is 0 Å². The van der Waals surface area contributed by atoms with Gasteiger partial charge in [0.1, 0.15) is 11.8 Å². The second-order valence-electron chi connectivity index (χ2n) is 6.60. The molecule has 0 bridgehead atoms. The summed E-state index contributed by atoms with van der Waals surface area (Å²) in [5, 5.41) is 0.571. The molecule has 0 aliphatic carbocycles. The van der Waals surface area contributed by atoms with Gasteiger partial charge in [-0.1, -0.05) is 41.9 Å². The highest BCUT2D eigenvalue weighted by molar-refractivity contribution is 6.31. The van der Waals surface area contributed by atoms with Crippen molar-refractivity contribution in [1.82, 2.24) is 0 Å². The molecular weight excluding hydrogens is 378 g/mol. The molecule has 1 saturated heterocycles. The Labute approximate surface area is 167 Å². The van der Waals surface area contributed by atoms with Crippen LogP contribution in [0.2, 0.25) is 5.02 Å². The molecule has 0 radical (unpaired) electrons. The van der Waals surface area contributed by atoms with Crippen LogP contribution in [0, 0.1) is 0 Å². The predicted octanol–water partition coefficient (Wildman–Crippen LogP) is 4.60. The quantitative estimate of drug-likeness (QED) is 0.607. The Morgan fingerprint density at radius 1 is 0.929 bits per heavy atom. The average Bonchev–Trinajstić information content (AvgIpc) is 3.18. The Morgan fingerprint density at radius 3 is 2.57 bits per heavy atom. The van der Waals surface area contributed by atoms with E-state index in [4.69, 9.17) is 25.8 Å². The number of ether oxygens (including phenoxy) is 3. The first kappa shape index (κ1) is 17.0. The van der Waals surface area contributed by atoms with Gasteiger partial charge in [-0.25, -0.2) is 0 Å². The fourth-order valence-electron chi connectivity index (χ4n) is 3.56. The van der Waals surface area contributed by atoms with Crippen molar-refractivity contribution >= 4 is 23.2 Å². The third-order valence-electron chi connectivity index (χ3n) is 4.88. The second kappa shape index (κ2) is 6.77. The predicted molar refractivity (Wildman–Crippen MR) is 105 cm³/mol. The molecule has 0 saturated carbocycles. The lowest BCUT2D eigenvalue weighted by molar-refractivity contribution is -0.135. The number of nitrogens with zero attached hydrogens (tertiary/aromatic N) is 1. The Bertz CT molecular complexity index is 1040. The number of fused-ring (bicyclic) bond motifs is 1. The zero-order chi connectivity index (χ0) is 19.1. The molecule has 0 spiro atoms. The van der Waals surface area contributed by atoms with Crippen LogP contribution < -0.4 is 19.1 Å². The Kier molecular flexibility index (Phi) is 4.10. The first-order chi connectivity index (χ1) is 13.7. The fourth-order valence-corrected chi connectivity index (χ4v) is 3.74. The van der Waals surface area contributed by atoms with E-state index in [2.05, 4.69) is 0 Å². The average molecular weight is 394 g/mol. The van der Waals surface area contributed by atoms with Crippen molar-refractivity contribution in [3.05, 3.63) is 83.4 Å². The highest BCUT2D eigenvalue weighted by atomic mass is 35.5. The topological polar surface area (TPSA) is 48.0 Å². The van der Waals surface area contributed by atoms with Crippen molar-refractivity contribution in [1.29, 1.82) is 0 Å². The van der Waals surface area contributed by atoms with E-state index in [-0.39, 0.29) is 18.7 Å². The third-order valence-corrected chi connectivity index (χ3v) is 5.11. The monoisotopic (exact) mass is 393 g/mol. The summed E-state index contributed by atoms with van der Waals surface area (Å²) < 4.78 is 16.9. The standard InChI is InChI=1S/C22H16ClNO4/c23-15-5-4-6-16(12-15)24-20(14-9-10-18-19(11-14)27-13-26-18)21(22(24)25)28-17-7-2-1-3-8-17/h1-12,20-21H,13H2/t20-,21+/m0/s1. The van der Waals surface area contributed by atoms with E-state index in [0.29, 0.717) is 22.3 Å². The molecule has 0 N–H and O–H groups in total. The van der Waals surface area contributed by atoms with Crippen LogP contribution in [-0.4, -0.2) is 18.8 Å². The summed E-state index contributed by atoms with van der Waals surface area (Å²) >= 11 is 6.15. The Hall–Kier alpha value is -3.18. The lowest BCUT2D eigenvalue weighted by atomic mass is 9.89. The Balaban J connectivity index is 1.53. The number of β-lactam (4-membered cyclic amide) rings is 1. The summed E-state index contributed by atoms with van der Waals surface area (Å²) in [6, 6.07) is 22.0. The minimum atomic E-state index is -0.637. The minimum absolute atomic E-state index is 0.117. The number of hydrogen-bond acceptors (Lipinski definition) is 4. The zero-order valence-electron chi connectivity index (χ0n) is 14.7. The molecule has 2 aliphatic heterocycles. The number of benzene rings is 3. The molecule has 0 aromatic heterocycles. The molecule has 3 aromatic rings. The summed E-state index contributed by atoms with van der Waals surface area (Å²) in [7, 11) is 0. The number of carbonyl (C=O) groups is 1. The molecule has 2 atom stereocenters. The van der Waals surface area contributed by atoms with Crippen molar-refractivity contribution in [3.8, 4) is 17.2 Å². The van der Waals surface area contributed by atoms with Gasteiger partial charge in [-0.2, -0.15) is 0 Å². The van der Waals surface area contributed by atoms with Gasteiger partial charge in [0.2, 0.25) is 12.9 Å². The van der Waals surface area contributed by atoms with Crippen LogP contribution in [0.4, 0.5) is 5.69 Å². The zero-order valence-corrected chi connectivity index (χ0v) is 15.5. The first-order valence-electron chi connectivity index (χ1n) is 8.90. The van der Waals surface area contributed by atoms with Crippen molar-refractivity contribution in [2.24, 2.45) is 0 Å². The van der Waals surface area contributed by atoms with Gasteiger partial charge in [0.05, 0.1) is 0 Å². The van der Waals surface area contributed by atoms with Crippen LogP contribution in [-0.2, 0) is 4.79 Å². The van der Waals surface area contributed by atoms with E-state index < -0.39 is 6.10 Å². The normalized spacial score (nSPS) is 20.0. The summed E-state index contributed by atoms with van der Waals surface area (Å²) in [6.07, 6.45) is -0.637. The summed E-state index contributed by atoms with van der Waals surface area (Å²) in [5.74, 6) is 1.90. The van der Waals surface area contributed by atoms with Gasteiger partial charge in [-0.15, -0.1) is 0 Å². The van der Waals surface area contributed by atoms with Crippen molar-refractivity contribution in [2.75, 3.05) is 11.7 Å². The van der Waals surface area contributed by atoms with Crippen LogP contribution in [0.1, 0.15) is 11.6 Å². The molecule has 0 unspecified atom stereocenters. The number of amides is 1. The molecule has 3 aromatic carbocycles. The van der Waals surface area contributed by atoms with Crippen molar-refractivity contribution < 1.29 is 19.0 Å². The van der Waals surface area contributed by atoms with Crippen molar-refractivity contribution in [3.63, 3.8) is 0 Å². The van der Waals surface area contributed by atoms with E-state index in [1.165, 1.54) is 0 Å². The third kappa shape index (κ3) is 2.84. The molecular formula is C22H16ClNO4. The Morgan fingerprint density at radius 2 is 1.75 bits per heavy atom. The van der Waals surface area contributed by atoms with Gasteiger partial charge < -0.3 is 14.2 Å². The lowest BCUT2D eigenvalue weighted by Crippen LogP contribution is -2.61. The summed E-state index contributed by atoms with van der Waals surface area (Å²) in [4.78, 5) is 14.7. The number of hydrogen-bond donors (Lipinski definition) is 0. The maximum absolute atomic E-state index is 13.0. The molecule has 1 fully saturated rings.